The molecule has 0 saturated heterocycles. The number of carbonyl (C=O) groups is 2. The van der Waals surface area contributed by atoms with Gasteiger partial charge in [0.05, 0.1) is 15.2 Å². The first kappa shape index (κ1) is 14.8. The lowest BCUT2D eigenvalue weighted by atomic mass is 10.2. The summed E-state index contributed by atoms with van der Waals surface area (Å²) in [6, 6.07) is 4.15. The molecule has 18 heavy (non-hydrogen) atoms. The van der Waals surface area contributed by atoms with E-state index in [9.17, 15) is 9.59 Å². The van der Waals surface area contributed by atoms with Crippen LogP contribution in [-0.2, 0) is 4.79 Å². The zero-order valence-electron chi connectivity index (χ0n) is 9.88. The van der Waals surface area contributed by atoms with E-state index in [1.165, 1.54) is 7.05 Å². The maximum absolute atomic E-state index is 11.6. The minimum Gasteiger partial charge on any atom is -0.373 e. The number of urea groups is 1. The van der Waals surface area contributed by atoms with Gasteiger partial charge in [-0.2, -0.15) is 0 Å². The molecule has 0 aliphatic heterocycles. The quantitative estimate of drug-likeness (QED) is 0.795. The zero-order valence-corrected chi connectivity index (χ0v) is 12.2. The molecule has 1 atom stereocenters. The summed E-state index contributed by atoms with van der Waals surface area (Å²) in [5.74, 6) is -0.429. The molecule has 0 radical (unpaired) electrons. The maximum atomic E-state index is 11.6. The van der Waals surface area contributed by atoms with Crippen molar-refractivity contribution in [2.45, 2.75) is 13.0 Å². The number of amides is 3. The van der Waals surface area contributed by atoms with Gasteiger partial charge >= 0.3 is 6.03 Å². The summed E-state index contributed by atoms with van der Waals surface area (Å²) in [6.45, 7) is 1.64. The molecule has 0 saturated carbocycles. The smallest absolute Gasteiger partial charge is 0.321 e. The van der Waals surface area contributed by atoms with Crippen molar-refractivity contribution >= 4 is 45.2 Å². The second-order valence-corrected chi connectivity index (χ2v) is 4.74. The number of carbonyl (C=O) groups excluding carboxylic acids is 2. The number of rotatable bonds is 3. The Labute approximate surface area is 118 Å². The van der Waals surface area contributed by atoms with Crippen LogP contribution in [0.1, 0.15) is 6.92 Å². The van der Waals surface area contributed by atoms with Gasteiger partial charge in [-0.3, -0.25) is 10.1 Å². The average Bonchev–Trinajstić information content (AvgIpc) is 2.34. The zero-order chi connectivity index (χ0) is 13.7. The van der Waals surface area contributed by atoms with Crippen LogP contribution in [0.25, 0.3) is 0 Å². The van der Waals surface area contributed by atoms with Gasteiger partial charge in [0.25, 0.3) is 0 Å². The molecular weight excluding hydrogens is 321 g/mol. The Morgan fingerprint density at radius 1 is 1.39 bits per heavy atom. The molecule has 0 spiro atoms. The summed E-state index contributed by atoms with van der Waals surface area (Å²) in [5.41, 5.74) is 0.682. The van der Waals surface area contributed by atoms with Crippen molar-refractivity contribution in [3.05, 3.63) is 27.7 Å². The second-order valence-electron chi connectivity index (χ2n) is 3.54. The summed E-state index contributed by atoms with van der Waals surface area (Å²) < 4.78 is 0.672. The monoisotopic (exact) mass is 333 g/mol. The van der Waals surface area contributed by atoms with Gasteiger partial charge in [-0.15, -0.1) is 0 Å². The lowest BCUT2D eigenvalue weighted by Gasteiger charge is -2.16. The van der Waals surface area contributed by atoms with Crippen molar-refractivity contribution in [3.63, 3.8) is 0 Å². The predicted molar refractivity (Wildman–Crippen MR) is 74.8 cm³/mol. The molecule has 0 bridgehead atoms. The Bertz CT molecular complexity index is 468. The van der Waals surface area contributed by atoms with E-state index in [0.29, 0.717) is 15.2 Å². The molecule has 0 aliphatic carbocycles. The lowest BCUT2D eigenvalue weighted by Crippen LogP contribution is -2.44. The van der Waals surface area contributed by atoms with E-state index in [2.05, 4.69) is 31.9 Å². The molecule has 5 nitrogen and oxygen atoms in total. The number of hydrogen-bond acceptors (Lipinski definition) is 3. The van der Waals surface area contributed by atoms with Gasteiger partial charge < -0.3 is 10.6 Å². The third-order valence-corrected chi connectivity index (χ3v) is 3.58. The summed E-state index contributed by atoms with van der Waals surface area (Å²) in [4.78, 5) is 22.6. The maximum Gasteiger partial charge on any atom is 0.321 e. The van der Waals surface area contributed by atoms with Crippen molar-refractivity contribution in [2.75, 3.05) is 12.4 Å². The predicted octanol–water partition coefficient (Wildman–Crippen LogP) is 2.36. The number of anilines is 1. The van der Waals surface area contributed by atoms with Crippen molar-refractivity contribution in [1.29, 1.82) is 0 Å². The number of nitrogens with one attached hydrogen (secondary N) is 3. The first-order valence-electron chi connectivity index (χ1n) is 5.18. The first-order chi connectivity index (χ1) is 8.45. The van der Waals surface area contributed by atoms with E-state index >= 15 is 0 Å². The molecule has 1 aromatic rings. The molecule has 3 N–H and O–H groups in total. The van der Waals surface area contributed by atoms with E-state index in [-0.39, 0.29) is 0 Å². The average molecular weight is 335 g/mol. The van der Waals surface area contributed by atoms with Crippen molar-refractivity contribution in [1.82, 2.24) is 10.6 Å². The fraction of sp³-hybridized carbons (Fsp3) is 0.273. The third-order valence-electron chi connectivity index (χ3n) is 2.18. The summed E-state index contributed by atoms with van der Waals surface area (Å²) in [5, 5.41) is 7.99. The van der Waals surface area contributed by atoms with Crippen LogP contribution in [-0.4, -0.2) is 25.0 Å². The molecule has 0 heterocycles. The van der Waals surface area contributed by atoms with Gasteiger partial charge in [-0.25, -0.2) is 4.79 Å². The molecule has 1 aromatic carbocycles. The van der Waals surface area contributed by atoms with Crippen LogP contribution in [0.3, 0.4) is 0 Å². The van der Waals surface area contributed by atoms with Crippen LogP contribution in [0.2, 0.25) is 5.02 Å². The van der Waals surface area contributed by atoms with E-state index in [1.807, 2.05) is 0 Å². The highest BCUT2D eigenvalue weighted by molar-refractivity contribution is 9.10. The molecule has 1 unspecified atom stereocenters. The van der Waals surface area contributed by atoms with E-state index in [0.717, 1.165) is 0 Å². The van der Waals surface area contributed by atoms with Gasteiger partial charge in [-0.1, -0.05) is 17.7 Å². The van der Waals surface area contributed by atoms with Gasteiger partial charge in [0, 0.05) is 7.05 Å². The van der Waals surface area contributed by atoms with Crippen LogP contribution < -0.4 is 16.0 Å². The Kier molecular flexibility index (Phi) is 5.43. The van der Waals surface area contributed by atoms with Crippen molar-refractivity contribution < 1.29 is 9.59 Å². The van der Waals surface area contributed by atoms with Gasteiger partial charge in [0.1, 0.15) is 6.04 Å². The Hall–Kier alpha value is -1.27. The molecule has 0 fully saturated rings. The van der Waals surface area contributed by atoms with Crippen LogP contribution in [0.15, 0.2) is 22.7 Å². The summed E-state index contributed by atoms with van der Waals surface area (Å²) in [7, 11) is 1.44. The highest BCUT2D eigenvalue weighted by Crippen LogP contribution is 2.30. The van der Waals surface area contributed by atoms with Crippen LogP contribution >= 0.6 is 27.5 Å². The van der Waals surface area contributed by atoms with Gasteiger partial charge in [0.2, 0.25) is 5.91 Å². The van der Waals surface area contributed by atoms with E-state index in [1.54, 1.807) is 25.1 Å². The van der Waals surface area contributed by atoms with Gasteiger partial charge in [0.15, 0.2) is 0 Å². The Morgan fingerprint density at radius 2 is 2.06 bits per heavy atom. The SMILES string of the molecule is CNC(=O)NC(=O)C(C)Nc1cccc(Cl)c1Br. The Balaban J connectivity index is 2.69. The fourth-order valence-corrected chi connectivity index (χ4v) is 1.75. The first-order valence-corrected chi connectivity index (χ1v) is 6.36. The van der Waals surface area contributed by atoms with Gasteiger partial charge in [-0.05, 0) is 35.0 Å². The van der Waals surface area contributed by atoms with Crippen LogP contribution in [0.5, 0.6) is 0 Å². The topological polar surface area (TPSA) is 70.2 Å². The van der Waals surface area contributed by atoms with Crippen LogP contribution in [0.4, 0.5) is 10.5 Å². The molecule has 7 heteroatoms. The Morgan fingerprint density at radius 3 is 2.67 bits per heavy atom. The van der Waals surface area contributed by atoms with E-state index in [4.69, 9.17) is 11.6 Å². The minimum absolute atomic E-state index is 0.429. The van der Waals surface area contributed by atoms with E-state index < -0.39 is 18.0 Å². The molecular formula is C11H13BrClN3O2. The highest BCUT2D eigenvalue weighted by atomic mass is 79.9. The molecule has 98 valence electrons. The molecule has 1 rings (SSSR count). The number of benzene rings is 1. The standard InChI is InChI=1S/C11H13BrClN3O2/c1-6(10(17)16-11(18)14-2)15-8-5-3-4-7(13)9(8)12/h3-6,15H,1-2H3,(H2,14,16,17,18). The number of halogens is 2. The fourth-order valence-electron chi connectivity index (χ4n) is 1.20. The van der Waals surface area contributed by atoms with Crippen LogP contribution in [0, 0.1) is 0 Å². The molecule has 0 aliphatic rings. The number of imide groups is 1. The second kappa shape index (κ2) is 6.61. The third kappa shape index (κ3) is 3.89. The van der Waals surface area contributed by atoms with Crippen molar-refractivity contribution in [2.24, 2.45) is 0 Å². The minimum atomic E-state index is -0.572. The molecule has 0 aromatic heterocycles. The normalized spacial score (nSPS) is 11.6. The highest BCUT2D eigenvalue weighted by Gasteiger charge is 2.16. The summed E-state index contributed by atoms with van der Waals surface area (Å²) in [6.07, 6.45) is 0. The summed E-state index contributed by atoms with van der Waals surface area (Å²) >= 11 is 9.25. The largest absolute Gasteiger partial charge is 0.373 e. The number of hydrogen-bond donors (Lipinski definition) is 3. The molecule has 3 amide bonds. The van der Waals surface area contributed by atoms with Crippen molar-refractivity contribution in [3.8, 4) is 0 Å². The lowest BCUT2D eigenvalue weighted by molar-refractivity contribution is -0.120.